The molecule has 106 valence electrons. The van der Waals surface area contributed by atoms with E-state index in [0.29, 0.717) is 0 Å². The molecule has 0 unspecified atom stereocenters. The number of para-hydroxylation sites is 1. The normalized spacial score (nSPS) is 15.8. The number of hydrogen-bond donors (Lipinski definition) is 0. The van der Waals surface area contributed by atoms with Crippen LogP contribution in [0.3, 0.4) is 0 Å². The van der Waals surface area contributed by atoms with Crippen LogP contribution in [0.1, 0.15) is 24.8 Å². The topological polar surface area (TPSA) is 29.0 Å². The van der Waals surface area contributed by atoms with E-state index in [1.807, 2.05) is 12.1 Å². The molecule has 0 spiro atoms. The van der Waals surface area contributed by atoms with Crippen LogP contribution in [0.15, 0.2) is 36.4 Å². The number of nitrogens with zero attached hydrogens (tertiary/aromatic N) is 3. The van der Waals surface area contributed by atoms with E-state index in [1.165, 1.54) is 30.5 Å². The van der Waals surface area contributed by atoms with Gasteiger partial charge < -0.3 is 4.90 Å². The van der Waals surface area contributed by atoms with Crippen molar-refractivity contribution in [1.82, 2.24) is 9.97 Å². The summed E-state index contributed by atoms with van der Waals surface area (Å²) in [5.74, 6) is 0. The van der Waals surface area contributed by atoms with Crippen LogP contribution >= 0.6 is 0 Å². The van der Waals surface area contributed by atoms with Gasteiger partial charge in [0.15, 0.2) is 0 Å². The van der Waals surface area contributed by atoms with Crippen LogP contribution < -0.4 is 4.90 Å². The average molecular weight is 277 g/mol. The quantitative estimate of drug-likeness (QED) is 0.627. The first kappa shape index (κ1) is 12.6. The molecule has 2 aromatic carbocycles. The van der Waals surface area contributed by atoms with Gasteiger partial charge in [-0.15, -0.1) is 0 Å². The highest BCUT2D eigenvalue weighted by atomic mass is 15.1. The Kier molecular flexibility index (Phi) is 2.99. The Hall–Kier alpha value is -2.16. The molecule has 1 aliphatic heterocycles. The van der Waals surface area contributed by atoms with E-state index in [0.717, 1.165) is 35.2 Å². The lowest BCUT2D eigenvalue weighted by atomic mass is 10.1. The summed E-state index contributed by atoms with van der Waals surface area (Å²) in [7, 11) is 0. The molecule has 0 bridgehead atoms. The fourth-order valence-corrected chi connectivity index (χ4v) is 3.17. The second-order valence-electron chi connectivity index (χ2n) is 5.89. The van der Waals surface area contributed by atoms with Crippen molar-refractivity contribution in [2.75, 3.05) is 18.0 Å². The van der Waals surface area contributed by atoms with Crippen molar-refractivity contribution in [3.8, 4) is 0 Å². The molecular formula is C18H19N3. The van der Waals surface area contributed by atoms with Crippen LogP contribution in [0.2, 0.25) is 0 Å². The highest BCUT2D eigenvalue weighted by Gasteiger charge is 2.12. The maximum Gasteiger partial charge on any atom is 0.0923 e. The molecule has 1 saturated heterocycles. The lowest BCUT2D eigenvalue weighted by Crippen LogP contribution is -2.29. The van der Waals surface area contributed by atoms with E-state index in [2.05, 4.69) is 36.1 Å². The van der Waals surface area contributed by atoms with Gasteiger partial charge in [0.1, 0.15) is 0 Å². The van der Waals surface area contributed by atoms with Crippen molar-refractivity contribution in [2.24, 2.45) is 0 Å². The minimum absolute atomic E-state index is 0.980. The van der Waals surface area contributed by atoms with Crippen LogP contribution in [0.25, 0.3) is 22.1 Å². The van der Waals surface area contributed by atoms with Crippen LogP contribution in [-0.2, 0) is 0 Å². The van der Waals surface area contributed by atoms with Gasteiger partial charge in [-0.1, -0.05) is 12.1 Å². The minimum atomic E-state index is 0.980. The molecule has 0 atom stereocenters. The molecule has 0 amide bonds. The summed E-state index contributed by atoms with van der Waals surface area (Å²) in [4.78, 5) is 12.1. The first-order valence-corrected chi connectivity index (χ1v) is 7.73. The largest absolute Gasteiger partial charge is 0.371 e. The zero-order chi connectivity index (χ0) is 14.2. The maximum absolute atomic E-state index is 4.84. The zero-order valence-corrected chi connectivity index (χ0v) is 12.3. The predicted octanol–water partition coefficient (Wildman–Crippen LogP) is 4.08. The fourth-order valence-electron chi connectivity index (χ4n) is 3.17. The summed E-state index contributed by atoms with van der Waals surface area (Å²) < 4.78 is 0. The minimum Gasteiger partial charge on any atom is -0.371 e. The van der Waals surface area contributed by atoms with Crippen molar-refractivity contribution in [3.63, 3.8) is 0 Å². The van der Waals surface area contributed by atoms with Gasteiger partial charge in [-0.25, -0.2) is 9.97 Å². The number of fused-ring (bicyclic) bond motifs is 2. The SMILES string of the molecule is Cc1cccc2nc3ccc(N4CCCCC4)cc3nc12. The molecule has 1 aliphatic rings. The molecule has 3 heteroatoms. The summed E-state index contributed by atoms with van der Waals surface area (Å²) in [6.45, 7) is 4.41. The lowest BCUT2D eigenvalue weighted by molar-refractivity contribution is 0.578. The standard InChI is InChI=1S/C18H19N3/c1-13-6-5-7-16-18(13)20-17-12-14(8-9-15(17)19-16)21-10-3-2-4-11-21/h5-9,12H,2-4,10-11H2,1H3. The molecule has 0 saturated carbocycles. The Labute approximate surface area is 124 Å². The van der Waals surface area contributed by atoms with Gasteiger partial charge in [-0.3, -0.25) is 0 Å². The Morgan fingerprint density at radius 2 is 1.71 bits per heavy atom. The van der Waals surface area contributed by atoms with Gasteiger partial charge in [0.25, 0.3) is 0 Å². The number of aryl methyl sites for hydroxylation is 1. The molecule has 21 heavy (non-hydrogen) atoms. The van der Waals surface area contributed by atoms with Gasteiger partial charge in [0.05, 0.1) is 22.1 Å². The van der Waals surface area contributed by atoms with Crippen molar-refractivity contribution < 1.29 is 0 Å². The molecule has 0 N–H and O–H groups in total. The highest BCUT2D eigenvalue weighted by Crippen LogP contribution is 2.25. The predicted molar refractivity (Wildman–Crippen MR) is 87.8 cm³/mol. The third kappa shape index (κ3) is 2.23. The molecule has 1 aromatic heterocycles. The highest BCUT2D eigenvalue weighted by molar-refractivity contribution is 5.89. The molecule has 0 radical (unpaired) electrons. The second-order valence-corrected chi connectivity index (χ2v) is 5.89. The summed E-state index contributed by atoms with van der Waals surface area (Å²) in [6.07, 6.45) is 3.94. The third-order valence-electron chi connectivity index (χ3n) is 4.37. The van der Waals surface area contributed by atoms with Crippen molar-refractivity contribution in [2.45, 2.75) is 26.2 Å². The van der Waals surface area contributed by atoms with E-state index in [1.54, 1.807) is 0 Å². The smallest absolute Gasteiger partial charge is 0.0923 e. The van der Waals surface area contributed by atoms with Crippen molar-refractivity contribution >= 4 is 27.8 Å². The summed E-state index contributed by atoms with van der Waals surface area (Å²) in [6, 6.07) is 12.7. The average Bonchev–Trinajstić information content (AvgIpc) is 2.54. The monoisotopic (exact) mass is 277 g/mol. The van der Waals surface area contributed by atoms with E-state index >= 15 is 0 Å². The summed E-state index contributed by atoms with van der Waals surface area (Å²) in [5.41, 5.74) is 6.44. The first-order valence-electron chi connectivity index (χ1n) is 7.73. The number of rotatable bonds is 1. The number of hydrogen-bond acceptors (Lipinski definition) is 3. The van der Waals surface area contributed by atoms with Gasteiger partial charge in [0, 0.05) is 18.8 Å². The van der Waals surface area contributed by atoms with Gasteiger partial charge in [-0.2, -0.15) is 0 Å². The number of benzene rings is 2. The fraction of sp³-hybridized carbons (Fsp3) is 0.333. The van der Waals surface area contributed by atoms with Crippen LogP contribution in [0.4, 0.5) is 5.69 Å². The van der Waals surface area contributed by atoms with E-state index < -0.39 is 0 Å². The Bertz CT molecular complexity index is 804. The molecular weight excluding hydrogens is 258 g/mol. The van der Waals surface area contributed by atoms with E-state index in [9.17, 15) is 0 Å². The van der Waals surface area contributed by atoms with Crippen LogP contribution in [0.5, 0.6) is 0 Å². The molecule has 1 fully saturated rings. The molecule has 0 aliphatic carbocycles. The number of piperidine rings is 1. The van der Waals surface area contributed by atoms with Gasteiger partial charge in [0.2, 0.25) is 0 Å². The second kappa shape index (κ2) is 4.99. The zero-order valence-electron chi connectivity index (χ0n) is 12.3. The Morgan fingerprint density at radius 3 is 2.57 bits per heavy atom. The van der Waals surface area contributed by atoms with Crippen molar-refractivity contribution in [1.29, 1.82) is 0 Å². The van der Waals surface area contributed by atoms with Gasteiger partial charge in [-0.05, 0) is 56.0 Å². The van der Waals surface area contributed by atoms with Crippen LogP contribution in [0, 0.1) is 6.92 Å². The Morgan fingerprint density at radius 1 is 0.857 bits per heavy atom. The number of aromatic nitrogens is 2. The molecule has 3 aromatic rings. The summed E-state index contributed by atoms with van der Waals surface area (Å²) >= 11 is 0. The number of anilines is 1. The third-order valence-corrected chi connectivity index (χ3v) is 4.37. The molecule has 2 heterocycles. The lowest BCUT2D eigenvalue weighted by Gasteiger charge is -2.28. The van der Waals surface area contributed by atoms with Gasteiger partial charge >= 0.3 is 0 Å². The van der Waals surface area contributed by atoms with Crippen molar-refractivity contribution in [3.05, 3.63) is 42.0 Å². The summed E-state index contributed by atoms with van der Waals surface area (Å²) in [5, 5.41) is 0. The Balaban J connectivity index is 1.86. The maximum atomic E-state index is 4.84. The van der Waals surface area contributed by atoms with E-state index in [-0.39, 0.29) is 0 Å². The first-order chi connectivity index (χ1) is 10.3. The van der Waals surface area contributed by atoms with E-state index in [4.69, 9.17) is 9.97 Å². The van der Waals surface area contributed by atoms with Crippen LogP contribution in [-0.4, -0.2) is 23.1 Å². The molecule has 4 rings (SSSR count). The molecule has 3 nitrogen and oxygen atoms in total.